The molecule has 3 N–H and O–H groups in total. The van der Waals surface area contributed by atoms with E-state index in [0.717, 1.165) is 17.0 Å². The highest BCUT2D eigenvalue weighted by atomic mass is 16.5. The average molecular weight is 331 g/mol. The molecule has 8 heteroatoms. The van der Waals surface area contributed by atoms with Crippen molar-refractivity contribution < 1.29 is 14.3 Å². The van der Waals surface area contributed by atoms with E-state index in [1.165, 1.54) is 18.0 Å². The van der Waals surface area contributed by atoms with Crippen LogP contribution in [0.3, 0.4) is 0 Å². The van der Waals surface area contributed by atoms with Crippen LogP contribution in [-0.4, -0.2) is 40.4 Å². The van der Waals surface area contributed by atoms with Gasteiger partial charge >= 0.3 is 6.09 Å². The lowest BCUT2D eigenvalue weighted by Gasteiger charge is -2.07. The predicted molar refractivity (Wildman–Crippen MR) is 87.7 cm³/mol. The van der Waals surface area contributed by atoms with Gasteiger partial charge in [-0.3, -0.25) is 9.78 Å². The van der Waals surface area contributed by atoms with Gasteiger partial charge in [0.05, 0.1) is 25.0 Å². The van der Waals surface area contributed by atoms with Crippen molar-refractivity contribution in [1.82, 2.24) is 20.1 Å². The first-order valence-electron chi connectivity index (χ1n) is 7.54. The minimum absolute atomic E-state index is 0.170. The molecule has 0 radical (unpaired) electrons. The summed E-state index contributed by atoms with van der Waals surface area (Å²) in [6, 6.07) is 3.24. The van der Waals surface area contributed by atoms with Crippen LogP contribution in [0.4, 0.5) is 4.79 Å². The Morgan fingerprint density at radius 2 is 2.12 bits per heavy atom. The van der Waals surface area contributed by atoms with Crippen LogP contribution in [0.2, 0.25) is 0 Å². The van der Waals surface area contributed by atoms with Crippen LogP contribution < -0.4 is 11.1 Å². The van der Waals surface area contributed by atoms with Gasteiger partial charge in [0, 0.05) is 17.5 Å². The number of carbonyl (C=O) groups is 2. The van der Waals surface area contributed by atoms with Gasteiger partial charge < -0.3 is 15.8 Å². The van der Waals surface area contributed by atoms with Gasteiger partial charge in [-0.1, -0.05) is 0 Å². The normalized spacial score (nSPS) is 10.5. The summed E-state index contributed by atoms with van der Waals surface area (Å²) < 4.78 is 5.89. The van der Waals surface area contributed by atoms with Gasteiger partial charge in [0.15, 0.2) is 0 Å². The molecule has 0 spiro atoms. The predicted octanol–water partition coefficient (Wildman–Crippen LogP) is 0.941. The Morgan fingerprint density at radius 1 is 1.38 bits per heavy atom. The number of rotatable bonds is 5. The Morgan fingerprint density at radius 3 is 2.79 bits per heavy atom. The average Bonchev–Trinajstić information content (AvgIpc) is 2.87. The first-order valence-corrected chi connectivity index (χ1v) is 7.54. The number of nitrogens with two attached hydrogens (primary N) is 1. The second-order valence-electron chi connectivity index (χ2n) is 5.29. The van der Waals surface area contributed by atoms with E-state index in [9.17, 15) is 9.59 Å². The maximum absolute atomic E-state index is 12.7. The highest BCUT2D eigenvalue weighted by Crippen LogP contribution is 2.15. The molecule has 0 atom stereocenters. The summed E-state index contributed by atoms with van der Waals surface area (Å²) in [5.74, 6) is -0.249. The smallest absolute Gasteiger partial charge is 0.407 e. The van der Waals surface area contributed by atoms with Crippen molar-refractivity contribution in [2.75, 3.05) is 13.7 Å². The Kier molecular flexibility index (Phi) is 5.64. The fraction of sp³-hybridized carbons (Fsp3) is 0.375. The Bertz CT molecular complexity index is 754. The van der Waals surface area contributed by atoms with Gasteiger partial charge in [-0.15, -0.1) is 0 Å². The van der Waals surface area contributed by atoms with E-state index < -0.39 is 6.09 Å². The lowest BCUT2D eigenvalue weighted by Crippen LogP contribution is -2.23. The second kappa shape index (κ2) is 7.69. The van der Waals surface area contributed by atoms with E-state index in [0.29, 0.717) is 24.2 Å². The van der Waals surface area contributed by atoms with Crippen molar-refractivity contribution in [3.8, 4) is 0 Å². The molecule has 2 aromatic heterocycles. The van der Waals surface area contributed by atoms with Gasteiger partial charge in [-0.2, -0.15) is 5.10 Å². The van der Waals surface area contributed by atoms with Crippen LogP contribution in [0.5, 0.6) is 0 Å². The number of alkyl carbamates (subject to hydrolysis) is 1. The third kappa shape index (κ3) is 3.77. The van der Waals surface area contributed by atoms with Crippen LogP contribution in [0, 0.1) is 13.8 Å². The Hall–Kier alpha value is -2.74. The second-order valence-corrected chi connectivity index (χ2v) is 5.29. The maximum atomic E-state index is 12.7. The molecule has 2 aromatic rings. The van der Waals surface area contributed by atoms with Gasteiger partial charge in [0.25, 0.3) is 5.91 Å². The topological polar surface area (TPSA) is 112 Å². The molecular formula is C16H21N5O3. The lowest BCUT2D eigenvalue weighted by atomic mass is 10.1. The van der Waals surface area contributed by atoms with Crippen LogP contribution >= 0.6 is 0 Å². The third-order valence-electron chi connectivity index (χ3n) is 3.69. The molecule has 1 amide bonds. The standard InChI is InChI=1S/C16H21N5O3/c1-10-14(4-6-17)11(2)21(20-10)15(22)12-5-7-18-13(8-12)9-19-16(23)24-3/h5,7-8H,4,6,9,17H2,1-3H3,(H,19,23). The molecule has 0 saturated heterocycles. The summed E-state index contributed by atoms with van der Waals surface area (Å²) in [4.78, 5) is 28.0. The van der Waals surface area contributed by atoms with E-state index in [4.69, 9.17) is 5.73 Å². The van der Waals surface area contributed by atoms with Gasteiger partial charge in [0.1, 0.15) is 0 Å². The molecule has 0 unspecified atom stereocenters. The number of hydrogen-bond donors (Lipinski definition) is 2. The molecule has 0 bridgehead atoms. The largest absolute Gasteiger partial charge is 0.453 e. The number of aryl methyl sites for hydroxylation is 1. The summed E-state index contributed by atoms with van der Waals surface area (Å²) in [5, 5.41) is 6.85. The van der Waals surface area contributed by atoms with E-state index in [-0.39, 0.29) is 12.5 Å². The minimum Gasteiger partial charge on any atom is -0.453 e. The minimum atomic E-state index is -0.557. The molecule has 128 valence electrons. The number of pyridine rings is 1. The maximum Gasteiger partial charge on any atom is 0.407 e. The molecule has 0 saturated carbocycles. The van der Waals surface area contributed by atoms with E-state index in [2.05, 4.69) is 20.1 Å². The number of aromatic nitrogens is 3. The first-order chi connectivity index (χ1) is 11.5. The van der Waals surface area contributed by atoms with Crippen LogP contribution in [0.15, 0.2) is 18.3 Å². The molecule has 0 fully saturated rings. The number of nitrogens with one attached hydrogen (secondary N) is 1. The van der Waals surface area contributed by atoms with Crippen molar-refractivity contribution in [3.63, 3.8) is 0 Å². The van der Waals surface area contributed by atoms with Crippen molar-refractivity contribution in [2.24, 2.45) is 5.73 Å². The zero-order valence-electron chi connectivity index (χ0n) is 14.0. The quantitative estimate of drug-likeness (QED) is 0.843. The monoisotopic (exact) mass is 331 g/mol. The number of amides is 1. The molecule has 0 aliphatic rings. The number of methoxy groups -OCH3 is 1. The Labute approximate surface area is 140 Å². The van der Waals surface area contributed by atoms with Gasteiger partial charge in [0.2, 0.25) is 0 Å². The van der Waals surface area contributed by atoms with Crippen LogP contribution in [-0.2, 0) is 17.7 Å². The number of ether oxygens (including phenoxy) is 1. The van der Waals surface area contributed by atoms with Crippen molar-refractivity contribution in [2.45, 2.75) is 26.8 Å². The van der Waals surface area contributed by atoms with Crippen molar-refractivity contribution >= 4 is 12.0 Å². The van der Waals surface area contributed by atoms with E-state index in [1.54, 1.807) is 12.1 Å². The molecule has 8 nitrogen and oxygen atoms in total. The molecule has 2 heterocycles. The van der Waals surface area contributed by atoms with Crippen molar-refractivity contribution in [1.29, 1.82) is 0 Å². The zero-order chi connectivity index (χ0) is 17.7. The molecule has 2 rings (SSSR count). The highest BCUT2D eigenvalue weighted by Gasteiger charge is 2.18. The summed E-state index contributed by atoms with van der Waals surface area (Å²) in [7, 11) is 1.28. The van der Waals surface area contributed by atoms with E-state index in [1.807, 2.05) is 13.8 Å². The third-order valence-corrected chi connectivity index (χ3v) is 3.69. The summed E-state index contributed by atoms with van der Waals surface area (Å²) in [5.41, 5.74) is 9.18. The lowest BCUT2D eigenvalue weighted by molar-refractivity contribution is 0.0942. The summed E-state index contributed by atoms with van der Waals surface area (Å²) in [6.45, 7) is 4.38. The highest BCUT2D eigenvalue weighted by molar-refractivity contribution is 5.96. The fourth-order valence-corrected chi connectivity index (χ4v) is 2.44. The van der Waals surface area contributed by atoms with Gasteiger partial charge in [-0.05, 0) is 44.5 Å². The SMILES string of the molecule is COC(=O)NCc1cc(C(=O)n2nc(C)c(CCN)c2C)ccn1. The number of hydrogen-bond acceptors (Lipinski definition) is 6. The van der Waals surface area contributed by atoms with Crippen LogP contribution in [0.1, 0.15) is 33.0 Å². The summed E-state index contributed by atoms with van der Waals surface area (Å²) >= 11 is 0. The molecule has 24 heavy (non-hydrogen) atoms. The molecular weight excluding hydrogens is 310 g/mol. The Balaban J connectivity index is 2.24. The van der Waals surface area contributed by atoms with Gasteiger partial charge in [-0.25, -0.2) is 9.48 Å². The number of nitrogens with zero attached hydrogens (tertiary/aromatic N) is 3. The fourth-order valence-electron chi connectivity index (χ4n) is 2.44. The zero-order valence-corrected chi connectivity index (χ0v) is 14.0. The van der Waals surface area contributed by atoms with Crippen LogP contribution in [0.25, 0.3) is 0 Å². The molecule has 0 aromatic carbocycles. The first kappa shape index (κ1) is 17.6. The number of carbonyl (C=O) groups excluding carboxylic acids is 2. The molecule has 0 aliphatic carbocycles. The molecule has 0 aliphatic heterocycles. The van der Waals surface area contributed by atoms with Crippen molar-refractivity contribution in [3.05, 3.63) is 46.5 Å². The van der Waals surface area contributed by atoms with E-state index >= 15 is 0 Å². The summed E-state index contributed by atoms with van der Waals surface area (Å²) in [6.07, 6.45) is 1.64.